The molecule has 1 aromatic heterocycles. The second-order valence-corrected chi connectivity index (χ2v) is 6.95. The van der Waals surface area contributed by atoms with E-state index in [4.69, 9.17) is 4.52 Å². The van der Waals surface area contributed by atoms with E-state index in [-0.39, 0.29) is 6.03 Å². The standard InChI is InChI=1S/C17H21N3O2S/c1-12-16(13(2)22-19-12)18-17(21)20-9-8-14(10-20)11-23-15-6-4-3-5-7-15/h3-7,14H,8-11H2,1-2H3,(H,18,21). The number of amides is 2. The summed E-state index contributed by atoms with van der Waals surface area (Å²) in [4.78, 5) is 15.5. The van der Waals surface area contributed by atoms with Crippen LogP contribution in [0.1, 0.15) is 17.9 Å². The monoisotopic (exact) mass is 331 g/mol. The first-order valence-corrected chi connectivity index (χ1v) is 8.78. The molecule has 1 atom stereocenters. The Hall–Kier alpha value is -1.95. The molecular formula is C17H21N3O2S. The van der Waals surface area contributed by atoms with E-state index in [0.29, 0.717) is 23.1 Å². The Labute approximate surface area is 140 Å². The van der Waals surface area contributed by atoms with Crippen LogP contribution in [0.4, 0.5) is 10.5 Å². The molecule has 0 saturated carbocycles. The van der Waals surface area contributed by atoms with Crippen LogP contribution in [0.3, 0.4) is 0 Å². The van der Waals surface area contributed by atoms with Gasteiger partial charge in [0, 0.05) is 23.7 Å². The second-order valence-electron chi connectivity index (χ2n) is 5.85. The average molecular weight is 331 g/mol. The number of likely N-dealkylation sites (tertiary alicyclic amines) is 1. The van der Waals surface area contributed by atoms with Gasteiger partial charge in [0.25, 0.3) is 0 Å². The maximum absolute atomic E-state index is 12.4. The number of carbonyl (C=O) groups excluding carboxylic acids is 1. The molecule has 2 aromatic rings. The van der Waals surface area contributed by atoms with E-state index in [9.17, 15) is 4.79 Å². The third kappa shape index (κ3) is 3.88. The number of rotatable bonds is 4. The molecule has 23 heavy (non-hydrogen) atoms. The molecular weight excluding hydrogens is 310 g/mol. The fourth-order valence-electron chi connectivity index (χ4n) is 2.73. The molecule has 0 aliphatic carbocycles. The number of benzene rings is 1. The predicted octanol–water partition coefficient (Wildman–Crippen LogP) is 3.94. The Morgan fingerprint density at radius 1 is 1.39 bits per heavy atom. The summed E-state index contributed by atoms with van der Waals surface area (Å²) >= 11 is 1.86. The lowest BCUT2D eigenvalue weighted by Gasteiger charge is -2.17. The van der Waals surface area contributed by atoms with Crippen LogP contribution in [0, 0.1) is 19.8 Å². The summed E-state index contributed by atoms with van der Waals surface area (Å²) in [6.45, 7) is 5.23. The molecule has 0 bridgehead atoms. The summed E-state index contributed by atoms with van der Waals surface area (Å²) < 4.78 is 5.08. The molecule has 2 heterocycles. The highest BCUT2D eigenvalue weighted by molar-refractivity contribution is 7.99. The molecule has 3 rings (SSSR count). The molecule has 2 amide bonds. The van der Waals surface area contributed by atoms with Gasteiger partial charge in [0.05, 0.1) is 0 Å². The summed E-state index contributed by atoms with van der Waals surface area (Å²) in [5.41, 5.74) is 1.41. The van der Waals surface area contributed by atoms with Gasteiger partial charge >= 0.3 is 6.03 Å². The third-order valence-electron chi connectivity index (χ3n) is 4.07. The van der Waals surface area contributed by atoms with E-state index in [2.05, 4.69) is 34.7 Å². The average Bonchev–Trinajstić information content (AvgIpc) is 3.16. The number of urea groups is 1. The topological polar surface area (TPSA) is 58.4 Å². The van der Waals surface area contributed by atoms with Gasteiger partial charge in [-0.15, -0.1) is 11.8 Å². The van der Waals surface area contributed by atoms with E-state index in [1.54, 1.807) is 6.92 Å². The number of nitrogens with zero attached hydrogens (tertiary/aromatic N) is 2. The fourth-order valence-corrected chi connectivity index (χ4v) is 3.78. The van der Waals surface area contributed by atoms with Crippen molar-refractivity contribution in [3.05, 3.63) is 41.8 Å². The highest BCUT2D eigenvalue weighted by Crippen LogP contribution is 2.27. The summed E-state index contributed by atoms with van der Waals surface area (Å²) in [5, 5.41) is 6.78. The van der Waals surface area contributed by atoms with Crippen molar-refractivity contribution in [2.45, 2.75) is 25.2 Å². The van der Waals surface area contributed by atoms with Crippen LogP contribution in [0.25, 0.3) is 0 Å². The van der Waals surface area contributed by atoms with Crippen molar-refractivity contribution in [2.24, 2.45) is 5.92 Å². The molecule has 1 N–H and O–H groups in total. The molecule has 1 unspecified atom stereocenters. The van der Waals surface area contributed by atoms with Crippen molar-refractivity contribution in [2.75, 3.05) is 24.2 Å². The van der Waals surface area contributed by atoms with Crippen molar-refractivity contribution >= 4 is 23.5 Å². The van der Waals surface area contributed by atoms with E-state index in [1.165, 1.54) is 4.90 Å². The Balaban J connectivity index is 1.50. The zero-order chi connectivity index (χ0) is 16.2. The van der Waals surface area contributed by atoms with Gasteiger partial charge < -0.3 is 14.7 Å². The molecule has 1 aliphatic rings. The molecule has 0 radical (unpaired) electrons. The Kier molecular flexibility index (Phi) is 4.91. The minimum absolute atomic E-state index is 0.0633. The lowest BCUT2D eigenvalue weighted by molar-refractivity contribution is 0.221. The van der Waals surface area contributed by atoms with Crippen molar-refractivity contribution in [1.82, 2.24) is 10.1 Å². The molecule has 1 aliphatic heterocycles. The zero-order valence-corrected chi connectivity index (χ0v) is 14.2. The van der Waals surface area contributed by atoms with Gasteiger partial charge in [-0.1, -0.05) is 23.4 Å². The van der Waals surface area contributed by atoms with Crippen molar-refractivity contribution in [1.29, 1.82) is 0 Å². The molecule has 6 heteroatoms. The molecule has 122 valence electrons. The van der Waals surface area contributed by atoms with E-state index in [1.807, 2.05) is 29.7 Å². The summed E-state index contributed by atoms with van der Waals surface area (Å²) in [6.07, 6.45) is 1.05. The number of thioether (sulfide) groups is 1. The largest absolute Gasteiger partial charge is 0.359 e. The SMILES string of the molecule is Cc1noc(C)c1NC(=O)N1CCC(CSc2ccccc2)C1. The van der Waals surface area contributed by atoms with Gasteiger partial charge in [0.2, 0.25) is 0 Å². The second kappa shape index (κ2) is 7.08. The number of carbonyl (C=O) groups is 1. The van der Waals surface area contributed by atoms with Crippen LogP contribution in [-0.4, -0.2) is 34.9 Å². The number of aryl methyl sites for hydroxylation is 2. The summed E-state index contributed by atoms with van der Waals surface area (Å²) in [7, 11) is 0. The fraction of sp³-hybridized carbons (Fsp3) is 0.412. The molecule has 1 fully saturated rings. The maximum atomic E-state index is 12.4. The highest BCUT2D eigenvalue weighted by Gasteiger charge is 2.27. The zero-order valence-electron chi connectivity index (χ0n) is 13.4. The van der Waals surface area contributed by atoms with Gasteiger partial charge in [-0.2, -0.15) is 0 Å². The maximum Gasteiger partial charge on any atom is 0.322 e. The van der Waals surface area contributed by atoms with Crippen LogP contribution in [-0.2, 0) is 0 Å². The van der Waals surface area contributed by atoms with Gasteiger partial charge in [0.1, 0.15) is 11.4 Å². The van der Waals surface area contributed by atoms with Crippen LogP contribution in [0.5, 0.6) is 0 Å². The van der Waals surface area contributed by atoms with Crippen LogP contribution in [0.2, 0.25) is 0 Å². The highest BCUT2D eigenvalue weighted by atomic mass is 32.2. The molecule has 1 saturated heterocycles. The number of anilines is 1. The lowest BCUT2D eigenvalue weighted by atomic mass is 10.2. The molecule has 5 nitrogen and oxygen atoms in total. The van der Waals surface area contributed by atoms with Gasteiger partial charge in [-0.05, 0) is 38.3 Å². The van der Waals surface area contributed by atoms with Crippen LogP contribution >= 0.6 is 11.8 Å². The van der Waals surface area contributed by atoms with Crippen LogP contribution in [0.15, 0.2) is 39.8 Å². The van der Waals surface area contributed by atoms with E-state index >= 15 is 0 Å². The van der Waals surface area contributed by atoms with Crippen molar-refractivity contribution in [3.63, 3.8) is 0 Å². The van der Waals surface area contributed by atoms with E-state index < -0.39 is 0 Å². The molecule has 0 spiro atoms. The Bertz CT molecular complexity index is 652. The lowest BCUT2D eigenvalue weighted by Crippen LogP contribution is -2.33. The van der Waals surface area contributed by atoms with Crippen LogP contribution < -0.4 is 5.32 Å². The minimum Gasteiger partial charge on any atom is -0.359 e. The molecule has 1 aromatic carbocycles. The summed E-state index contributed by atoms with van der Waals surface area (Å²) in [6, 6.07) is 10.3. The quantitative estimate of drug-likeness (QED) is 0.862. The van der Waals surface area contributed by atoms with Gasteiger partial charge in [-0.25, -0.2) is 4.79 Å². The summed E-state index contributed by atoms with van der Waals surface area (Å²) in [5.74, 6) is 2.22. The van der Waals surface area contributed by atoms with Crippen molar-refractivity contribution in [3.8, 4) is 0 Å². The number of aromatic nitrogens is 1. The number of nitrogens with one attached hydrogen (secondary N) is 1. The first-order valence-electron chi connectivity index (χ1n) is 7.80. The van der Waals surface area contributed by atoms with Gasteiger partial charge in [-0.3, -0.25) is 0 Å². The third-order valence-corrected chi connectivity index (χ3v) is 5.31. The first kappa shape index (κ1) is 15.9. The Morgan fingerprint density at radius 3 is 2.87 bits per heavy atom. The van der Waals surface area contributed by atoms with E-state index in [0.717, 1.165) is 25.3 Å². The first-order chi connectivity index (χ1) is 11.1. The predicted molar refractivity (Wildman–Crippen MR) is 91.8 cm³/mol. The smallest absolute Gasteiger partial charge is 0.322 e. The normalized spacial score (nSPS) is 17.5. The Morgan fingerprint density at radius 2 is 2.17 bits per heavy atom. The number of hydrogen-bond donors (Lipinski definition) is 1. The minimum atomic E-state index is -0.0633. The number of hydrogen-bond acceptors (Lipinski definition) is 4. The van der Waals surface area contributed by atoms with Crippen molar-refractivity contribution < 1.29 is 9.32 Å². The van der Waals surface area contributed by atoms with Gasteiger partial charge in [0.15, 0.2) is 5.76 Å².